The van der Waals surface area contributed by atoms with Crippen LogP contribution in [0.25, 0.3) is 0 Å². The van der Waals surface area contributed by atoms with Crippen LogP contribution in [0.1, 0.15) is 23.7 Å². The predicted molar refractivity (Wildman–Crippen MR) is 61.5 cm³/mol. The van der Waals surface area contributed by atoms with Crippen LogP contribution in [0.2, 0.25) is 5.02 Å². The van der Waals surface area contributed by atoms with Crippen LogP contribution < -0.4 is 0 Å². The summed E-state index contributed by atoms with van der Waals surface area (Å²) in [7, 11) is 0. The Kier molecular flexibility index (Phi) is 3.50. The summed E-state index contributed by atoms with van der Waals surface area (Å²) in [4.78, 5) is 0. The zero-order chi connectivity index (χ0) is 11.7. The van der Waals surface area contributed by atoms with E-state index in [0.29, 0.717) is 11.4 Å². The minimum atomic E-state index is -0.619. The average molecular weight is 243 g/mol. The van der Waals surface area contributed by atoms with Gasteiger partial charge in [-0.2, -0.15) is 0 Å². The zero-order valence-electron chi connectivity index (χ0n) is 9.06. The van der Waals surface area contributed by atoms with E-state index < -0.39 is 12.2 Å². The number of halogens is 1. The molecular formula is C12H15ClO3. The number of rotatable bonds is 2. The fourth-order valence-electron chi connectivity index (χ4n) is 2.00. The van der Waals surface area contributed by atoms with Crippen molar-refractivity contribution in [2.45, 2.75) is 31.7 Å². The molecule has 0 bridgehead atoms. The highest BCUT2D eigenvalue weighted by molar-refractivity contribution is 6.31. The van der Waals surface area contributed by atoms with Gasteiger partial charge < -0.3 is 14.9 Å². The monoisotopic (exact) mass is 242 g/mol. The summed E-state index contributed by atoms with van der Waals surface area (Å²) in [5.74, 6) is 0. The van der Waals surface area contributed by atoms with Crippen molar-refractivity contribution in [2.24, 2.45) is 0 Å². The van der Waals surface area contributed by atoms with Crippen molar-refractivity contribution in [3.05, 3.63) is 34.3 Å². The topological polar surface area (TPSA) is 49.7 Å². The molecule has 0 unspecified atom stereocenters. The highest BCUT2D eigenvalue weighted by Gasteiger charge is 2.35. The van der Waals surface area contributed by atoms with Crippen LogP contribution in [0.4, 0.5) is 0 Å². The molecule has 3 atom stereocenters. The molecule has 1 heterocycles. The van der Waals surface area contributed by atoms with Crippen molar-refractivity contribution >= 4 is 11.6 Å². The van der Waals surface area contributed by atoms with Crippen LogP contribution in [0.5, 0.6) is 0 Å². The number of ether oxygens (including phenoxy) is 1. The van der Waals surface area contributed by atoms with Crippen LogP contribution in [0, 0.1) is 6.92 Å². The minimum absolute atomic E-state index is 0.166. The number of hydrogen-bond acceptors (Lipinski definition) is 3. The van der Waals surface area contributed by atoms with Crippen LogP contribution in [0.15, 0.2) is 18.2 Å². The van der Waals surface area contributed by atoms with E-state index >= 15 is 0 Å². The van der Waals surface area contributed by atoms with E-state index in [1.165, 1.54) is 0 Å². The molecule has 0 spiro atoms. The van der Waals surface area contributed by atoms with Crippen LogP contribution in [-0.4, -0.2) is 29.0 Å². The van der Waals surface area contributed by atoms with E-state index in [1.807, 2.05) is 25.1 Å². The Morgan fingerprint density at radius 1 is 1.50 bits per heavy atom. The van der Waals surface area contributed by atoms with Gasteiger partial charge in [0.1, 0.15) is 6.10 Å². The lowest BCUT2D eigenvalue weighted by Gasteiger charge is -2.14. The number of hydrogen-bond donors (Lipinski definition) is 2. The predicted octanol–water partition coefficient (Wildman–Crippen LogP) is 1.83. The maximum Gasteiger partial charge on any atom is 0.107 e. The van der Waals surface area contributed by atoms with Crippen LogP contribution >= 0.6 is 11.6 Å². The van der Waals surface area contributed by atoms with Crippen molar-refractivity contribution < 1.29 is 14.9 Å². The summed E-state index contributed by atoms with van der Waals surface area (Å²) in [6, 6.07) is 5.72. The third kappa shape index (κ3) is 2.23. The van der Waals surface area contributed by atoms with Gasteiger partial charge in [-0.05, 0) is 18.6 Å². The molecule has 1 aromatic carbocycles. The summed E-state index contributed by atoms with van der Waals surface area (Å²) in [5, 5.41) is 19.3. The first kappa shape index (κ1) is 11.9. The first-order valence-corrected chi connectivity index (χ1v) is 5.70. The van der Waals surface area contributed by atoms with Gasteiger partial charge in [0, 0.05) is 11.4 Å². The third-order valence-corrected chi connectivity index (χ3v) is 3.25. The number of aryl methyl sites for hydroxylation is 1. The lowest BCUT2D eigenvalue weighted by atomic mass is 10.0. The lowest BCUT2D eigenvalue weighted by molar-refractivity contribution is -0.0225. The number of benzene rings is 1. The molecule has 2 N–H and O–H groups in total. The van der Waals surface area contributed by atoms with Gasteiger partial charge in [-0.15, -0.1) is 0 Å². The van der Waals surface area contributed by atoms with Gasteiger partial charge in [0.2, 0.25) is 0 Å². The van der Waals surface area contributed by atoms with E-state index in [0.717, 1.165) is 11.1 Å². The summed E-state index contributed by atoms with van der Waals surface area (Å²) >= 11 is 6.09. The molecule has 0 saturated carbocycles. The molecule has 0 radical (unpaired) electrons. The molecule has 4 heteroatoms. The summed E-state index contributed by atoms with van der Waals surface area (Å²) in [6.45, 7) is 1.82. The fraction of sp³-hybridized carbons (Fsp3) is 0.500. The molecule has 0 amide bonds. The Morgan fingerprint density at radius 3 is 2.88 bits per heavy atom. The van der Waals surface area contributed by atoms with Gasteiger partial charge in [-0.3, -0.25) is 0 Å². The maximum absolute atomic E-state index is 9.65. The van der Waals surface area contributed by atoms with E-state index in [1.54, 1.807) is 0 Å². The van der Waals surface area contributed by atoms with Gasteiger partial charge in [0.25, 0.3) is 0 Å². The van der Waals surface area contributed by atoms with Crippen molar-refractivity contribution in [2.75, 3.05) is 6.61 Å². The van der Waals surface area contributed by atoms with E-state index in [9.17, 15) is 5.11 Å². The molecule has 1 aliphatic heterocycles. The first-order valence-electron chi connectivity index (χ1n) is 5.32. The molecule has 88 valence electrons. The SMILES string of the molecule is Cc1ccc(Cl)c([C@H]2C[C@@H](O)[C@@H](CO)O2)c1. The first-order chi connectivity index (χ1) is 7.61. The van der Waals surface area contributed by atoms with Gasteiger partial charge in [-0.1, -0.05) is 29.3 Å². The molecule has 1 aromatic rings. The molecule has 0 aromatic heterocycles. The number of aliphatic hydroxyl groups excluding tert-OH is 2. The Labute approximate surface area is 99.6 Å². The third-order valence-electron chi connectivity index (χ3n) is 2.90. The van der Waals surface area contributed by atoms with Crippen molar-refractivity contribution in [3.63, 3.8) is 0 Å². The highest BCUT2D eigenvalue weighted by atomic mass is 35.5. The Balaban J connectivity index is 2.22. The van der Waals surface area contributed by atoms with Crippen molar-refractivity contribution in [1.82, 2.24) is 0 Å². The van der Waals surface area contributed by atoms with E-state index in [4.69, 9.17) is 21.4 Å². The van der Waals surface area contributed by atoms with Crippen molar-refractivity contribution in [1.29, 1.82) is 0 Å². The minimum Gasteiger partial charge on any atom is -0.394 e. The van der Waals surface area contributed by atoms with Crippen molar-refractivity contribution in [3.8, 4) is 0 Å². The van der Waals surface area contributed by atoms with E-state index in [-0.39, 0.29) is 12.7 Å². The molecule has 2 rings (SSSR count). The zero-order valence-corrected chi connectivity index (χ0v) is 9.81. The second-order valence-corrected chi connectivity index (χ2v) is 4.58. The lowest BCUT2D eigenvalue weighted by Crippen LogP contribution is -2.24. The number of aliphatic hydroxyl groups is 2. The van der Waals surface area contributed by atoms with Gasteiger partial charge in [-0.25, -0.2) is 0 Å². The molecule has 1 saturated heterocycles. The van der Waals surface area contributed by atoms with Crippen LogP contribution in [0.3, 0.4) is 0 Å². The molecule has 3 nitrogen and oxygen atoms in total. The van der Waals surface area contributed by atoms with Crippen LogP contribution in [-0.2, 0) is 4.74 Å². The summed E-state index contributed by atoms with van der Waals surface area (Å²) in [5.41, 5.74) is 1.99. The molecule has 1 aliphatic rings. The Bertz CT molecular complexity index is 381. The maximum atomic E-state index is 9.65. The van der Waals surface area contributed by atoms with Gasteiger partial charge in [0.05, 0.1) is 18.8 Å². The highest BCUT2D eigenvalue weighted by Crippen LogP contribution is 2.36. The molecule has 0 aliphatic carbocycles. The standard InChI is InChI=1S/C12H15ClO3/c1-7-2-3-9(13)8(4-7)11-5-10(15)12(6-14)16-11/h2-4,10-12,14-15H,5-6H2,1H3/t10-,11-,12-/m1/s1. The smallest absolute Gasteiger partial charge is 0.107 e. The quantitative estimate of drug-likeness (QED) is 0.832. The molecular weight excluding hydrogens is 228 g/mol. The normalized spacial score (nSPS) is 29.6. The largest absolute Gasteiger partial charge is 0.394 e. The summed E-state index contributed by atoms with van der Waals surface area (Å²) < 4.78 is 5.56. The van der Waals surface area contributed by atoms with Gasteiger partial charge in [0.15, 0.2) is 0 Å². The second-order valence-electron chi connectivity index (χ2n) is 4.17. The Morgan fingerprint density at radius 2 is 2.25 bits per heavy atom. The Hall–Kier alpha value is -0.610. The average Bonchev–Trinajstić information content (AvgIpc) is 2.63. The molecule has 16 heavy (non-hydrogen) atoms. The van der Waals surface area contributed by atoms with Gasteiger partial charge >= 0.3 is 0 Å². The second kappa shape index (κ2) is 4.72. The summed E-state index contributed by atoms with van der Waals surface area (Å²) in [6.07, 6.45) is -0.860. The van der Waals surface area contributed by atoms with E-state index in [2.05, 4.69) is 0 Å². The fourth-order valence-corrected chi connectivity index (χ4v) is 2.24. The molecule has 1 fully saturated rings.